The van der Waals surface area contributed by atoms with E-state index in [2.05, 4.69) is 31.1 Å². The zero-order valence-corrected chi connectivity index (χ0v) is 9.87. The molecule has 0 unspecified atom stereocenters. The van der Waals surface area contributed by atoms with Gasteiger partial charge in [-0.2, -0.15) is 9.03 Å². The van der Waals surface area contributed by atoms with Crippen LogP contribution in [0.4, 0.5) is 0 Å². The molecule has 0 saturated carbocycles. The van der Waals surface area contributed by atoms with Gasteiger partial charge in [-0.05, 0) is 45.5 Å². The Bertz CT molecular complexity index is 832. The summed E-state index contributed by atoms with van der Waals surface area (Å²) in [5, 5.41) is 23.7. The summed E-state index contributed by atoms with van der Waals surface area (Å²) in [5.41, 5.74) is 3.50. The highest BCUT2D eigenvalue weighted by atomic mass is 35.5. The summed E-state index contributed by atoms with van der Waals surface area (Å²) in [5.74, 6) is 0. The molecule has 0 spiro atoms. The van der Waals surface area contributed by atoms with Crippen LogP contribution in [-0.2, 0) is 0 Å². The number of aromatic nitrogens is 8. The molecule has 18 heavy (non-hydrogen) atoms. The SMILES string of the molecule is Cc1cc2c(cc1Cl)n1nnnc1c1nnnn21. The van der Waals surface area contributed by atoms with Crippen LogP contribution >= 0.6 is 11.6 Å². The Labute approximate surface area is 104 Å². The Morgan fingerprint density at radius 1 is 0.944 bits per heavy atom. The van der Waals surface area contributed by atoms with E-state index in [1.807, 2.05) is 13.0 Å². The Kier molecular flexibility index (Phi) is 1.67. The van der Waals surface area contributed by atoms with E-state index in [-0.39, 0.29) is 0 Å². The summed E-state index contributed by atoms with van der Waals surface area (Å²) in [6.07, 6.45) is 0. The van der Waals surface area contributed by atoms with Crippen LogP contribution in [0.15, 0.2) is 12.1 Å². The molecule has 9 heteroatoms. The minimum atomic E-state index is 0.493. The molecule has 3 aromatic heterocycles. The monoisotopic (exact) mass is 260 g/mol. The third kappa shape index (κ3) is 1.05. The number of benzene rings is 1. The summed E-state index contributed by atoms with van der Waals surface area (Å²) >= 11 is 6.14. The lowest BCUT2D eigenvalue weighted by Gasteiger charge is -2.04. The average Bonchev–Trinajstić information content (AvgIpc) is 2.97. The van der Waals surface area contributed by atoms with Gasteiger partial charge in [0.15, 0.2) is 0 Å². The van der Waals surface area contributed by atoms with E-state index >= 15 is 0 Å². The number of hydrogen-bond donors (Lipinski definition) is 0. The van der Waals surface area contributed by atoms with Crippen LogP contribution in [0.5, 0.6) is 0 Å². The summed E-state index contributed by atoms with van der Waals surface area (Å²) in [7, 11) is 0. The third-order valence-electron chi connectivity index (χ3n) is 2.85. The van der Waals surface area contributed by atoms with Crippen LogP contribution in [0.25, 0.3) is 22.3 Å². The van der Waals surface area contributed by atoms with Crippen molar-refractivity contribution in [2.45, 2.75) is 6.92 Å². The van der Waals surface area contributed by atoms with Crippen molar-refractivity contribution in [1.82, 2.24) is 40.1 Å². The standard InChI is InChI=1S/C9H5ClN8/c1-4-2-6-7(3-5(4)10)18-9(12-14-16-18)8-11-13-15-17(6)8/h2-3H,1H3. The minimum Gasteiger partial charge on any atom is -0.187 e. The predicted molar refractivity (Wildman–Crippen MR) is 62.4 cm³/mol. The molecule has 0 radical (unpaired) electrons. The number of aryl methyl sites for hydroxylation is 1. The van der Waals surface area contributed by atoms with Crippen molar-refractivity contribution in [1.29, 1.82) is 0 Å². The molecule has 88 valence electrons. The van der Waals surface area contributed by atoms with Crippen molar-refractivity contribution >= 4 is 33.9 Å². The predicted octanol–water partition coefficient (Wildman–Crippen LogP) is 0.677. The molecule has 0 aliphatic heterocycles. The Hall–Kier alpha value is -2.35. The van der Waals surface area contributed by atoms with Gasteiger partial charge in [0.25, 0.3) is 0 Å². The number of nitrogens with zero attached hydrogens (tertiary/aromatic N) is 8. The summed E-state index contributed by atoms with van der Waals surface area (Å²) in [6, 6.07) is 3.71. The van der Waals surface area contributed by atoms with Crippen molar-refractivity contribution < 1.29 is 0 Å². The Morgan fingerprint density at radius 3 is 2.11 bits per heavy atom. The van der Waals surface area contributed by atoms with Gasteiger partial charge < -0.3 is 0 Å². The van der Waals surface area contributed by atoms with Gasteiger partial charge in [0.2, 0.25) is 11.3 Å². The van der Waals surface area contributed by atoms with Crippen molar-refractivity contribution in [3.63, 3.8) is 0 Å². The van der Waals surface area contributed by atoms with E-state index in [4.69, 9.17) is 11.6 Å². The van der Waals surface area contributed by atoms with E-state index in [0.29, 0.717) is 16.3 Å². The first-order valence-corrected chi connectivity index (χ1v) is 5.51. The lowest BCUT2D eigenvalue weighted by molar-refractivity contribution is 0.827. The van der Waals surface area contributed by atoms with Crippen molar-refractivity contribution in [3.8, 4) is 0 Å². The molecule has 4 rings (SSSR count). The van der Waals surface area contributed by atoms with Crippen LogP contribution in [0.2, 0.25) is 5.02 Å². The molecule has 3 heterocycles. The minimum absolute atomic E-state index is 0.493. The Morgan fingerprint density at radius 2 is 1.50 bits per heavy atom. The third-order valence-corrected chi connectivity index (χ3v) is 3.26. The second-order valence-corrected chi connectivity index (χ2v) is 4.33. The van der Waals surface area contributed by atoms with Crippen LogP contribution in [-0.4, -0.2) is 40.1 Å². The lowest BCUT2D eigenvalue weighted by Crippen LogP contribution is -2.00. The zero-order valence-electron chi connectivity index (χ0n) is 9.11. The van der Waals surface area contributed by atoms with Gasteiger partial charge in [0.1, 0.15) is 0 Å². The van der Waals surface area contributed by atoms with Crippen molar-refractivity contribution in [2.24, 2.45) is 0 Å². The molecular formula is C9H5ClN8. The molecular weight excluding hydrogens is 256 g/mol. The Balaban J connectivity index is 2.43. The molecule has 0 aliphatic carbocycles. The maximum atomic E-state index is 6.14. The number of hydrogen-bond acceptors (Lipinski definition) is 6. The first-order valence-electron chi connectivity index (χ1n) is 5.14. The molecule has 0 atom stereocenters. The first kappa shape index (κ1) is 9.66. The van der Waals surface area contributed by atoms with Gasteiger partial charge in [-0.3, -0.25) is 0 Å². The fraction of sp³-hybridized carbons (Fsp3) is 0.111. The number of tetrazole rings is 2. The number of rotatable bonds is 0. The van der Waals surface area contributed by atoms with Gasteiger partial charge in [-0.15, -0.1) is 10.2 Å². The fourth-order valence-electron chi connectivity index (χ4n) is 1.97. The summed E-state index contributed by atoms with van der Waals surface area (Å²) in [4.78, 5) is 0. The van der Waals surface area contributed by atoms with E-state index in [9.17, 15) is 0 Å². The first-order chi connectivity index (χ1) is 8.75. The smallest absolute Gasteiger partial charge is 0.187 e. The van der Waals surface area contributed by atoms with Gasteiger partial charge in [-0.25, -0.2) is 0 Å². The quantitative estimate of drug-likeness (QED) is 0.462. The van der Waals surface area contributed by atoms with E-state index in [0.717, 1.165) is 16.6 Å². The average molecular weight is 261 g/mol. The van der Waals surface area contributed by atoms with E-state index in [1.54, 1.807) is 15.1 Å². The normalized spacial score (nSPS) is 11.9. The number of fused-ring (bicyclic) bond motifs is 6. The highest BCUT2D eigenvalue weighted by Gasteiger charge is 2.14. The summed E-state index contributed by atoms with van der Waals surface area (Å²) < 4.78 is 3.18. The molecule has 1 aromatic carbocycles. The highest BCUT2D eigenvalue weighted by molar-refractivity contribution is 6.32. The van der Waals surface area contributed by atoms with Crippen LogP contribution in [0, 0.1) is 6.92 Å². The summed E-state index contributed by atoms with van der Waals surface area (Å²) in [6.45, 7) is 1.92. The lowest BCUT2D eigenvalue weighted by atomic mass is 10.2. The highest BCUT2D eigenvalue weighted by Crippen LogP contribution is 2.24. The second kappa shape index (κ2) is 3.10. The second-order valence-electron chi connectivity index (χ2n) is 3.92. The number of halogens is 1. The van der Waals surface area contributed by atoms with Gasteiger partial charge >= 0.3 is 0 Å². The molecule has 0 saturated heterocycles. The maximum absolute atomic E-state index is 6.14. The molecule has 4 aromatic rings. The molecule has 0 bridgehead atoms. The van der Waals surface area contributed by atoms with Crippen LogP contribution in [0.3, 0.4) is 0 Å². The van der Waals surface area contributed by atoms with Crippen LogP contribution < -0.4 is 0 Å². The maximum Gasteiger partial charge on any atom is 0.226 e. The van der Waals surface area contributed by atoms with E-state index in [1.165, 1.54) is 0 Å². The zero-order chi connectivity index (χ0) is 12.3. The fourth-order valence-corrected chi connectivity index (χ4v) is 2.13. The van der Waals surface area contributed by atoms with E-state index < -0.39 is 0 Å². The molecule has 0 fully saturated rings. The largest absolute Gasteiger partial charge is 0.226 e. The van der Waals surface area contributed by atoms with Gasteiger partial charge in [0, 0.05) is 5.02 Å². The van der Waals surface area contributed by atoms with Crippen molar-refractivity contribution in [2.75, 3.05) is 0 Å². The molecule has 0 aliphatic rings. The van der Waals surface area contributed by atoms with Crippen LogP contribution in [0.1, 0.15) is 5.56 Å². The van der Waals surface area contributed by atoms with Gasteiger partial charge in [-0.1, -0.05) is 11.6 Å². The molecule has 8 nitrogen and oxygen atoms in total. The molecule has 0 N–H and O–H groups in total. The van der Waals surface area contributed by atoms with Gasteiger partial charge in [0.05, 0.1) is 11.0 Å². The van der Waals surface area contributed by atoms with Crippen molar-refractivity contribution in [3.05, 3.63) is 22.7 Å². The molecule has 0 amide bonds. The topological polar surface area (TPSA) is 86.2 Å².